The zero-order valence-electron chi connectivity index (χ0n) is 11.2. The molecule has 0 saturated carbocycles. The van der Waals surface area contributed by atoms with Crippen LogP contribution in [0.15, 0.2) is 22.7 Å². The van der Waals surface area contributed by atoms with Crippen LogP contribution in [0.2, 0.25) is 0 Å². The van der Waals surface area contributed by atoms with E-state index in [9.17, 15) is 9.18 Å². The molecular formula is C14H12FN3O3. The maximum Gasteiger partial charge on any atom is 0.251 e. The summed E-state index contributed by atoms with van der Waals surface area (Å²) in [6, 6.07) is 3.90. The van der Waals surface area contributed by atoms with Crippen LogP contribution in [0.25, 0.3) is 0 Å². The highest BCUT2D eigenvalue weighted by Gasteiger charge is 2.10. The van der Waals surface area contributed by atoms with E-state index < -0.39 is 11.7 Å². The van der Waals surface area contributed by atoms with Crippen LogP contribution in [0.4, 0.5) is 4.39 Å². The smallest absolute Gasteiger partial charge is 0.251 e. The third-order valence-electron chi connectivity index (χ3n) is 2.50. The minimum Gasteiger partial charge on any atom is -0.384 e. The van der Waals surface area contributed by atoms with Gasteiger partial charge in [0.05, 0.1) is 12.1 Å². The summed E-state index contributed by atoms with van der Waals surface area (Å²) in [7, 11) is 0. The van der Waals surface area contributed by atoms with Crippen molar-refractivity contribution in [2.24, 2.45) is 0 Å². The third kappa shape index (κ3) is 3.87. The lowest BCUT2D eigenvalue weighted by atomic mass is 10.1. The van der Waals surface area contributed by atoms with Crippen LogP contribution in [-0.2, 0) is 6.54 Å². The van der Waals surface area contributed by atoms with E-state index in [1.165, 1.54) is 12.1 Å². The Balaban J connectivity index is 2.04. The highest BCUT2D eigenvalue weighted by atomic mass is 19.1. The molecule has 2 N–H and O–H groups in total. The van der Waals surface area contributed by atoms with Gasteiger partial charge in [0.1, 0.15) is 12.4 Å². The maximum absolute atomic E-state index is 13.7. The second-order valence-electron chi connectivity index (χ2n) is 4.07. The topological polar surface area (TPSA) is 88.2 Å². The molecule has 0 aliphatic rings. The number of hydrogen-bond acceptors (Lipinski definition) is 5. The normalized spacial score (nSPS) is 9.86. The van der Waals surface area contributed by atoms with Crippen LogP contribution in [-0.4, -0.2) is 27.8 Å². The van der Waals surface area contributed by atoms with Crippen LogP contribution in [0.1, 0.15) is 27.6 Å². The SMILES string of the molecule is Cc1noc(CNC(=O)c2ccc(C#CCO)c(F)c2)n1. The molecule has 0 saturated heterocycles. The summed E-state index contributed by atoms with van der Waals surface area (Å²) in [6.07, 6.45) is 0. The van der Waals surface area contributed by atoms with E-state index >= 15 is 0 Å². The Morgan fingerprint density at radius 2 is 2.33 bits per heavy atom. The van der Waals surface area contributed by atoms with Crippen molar-refractivity contribution < 1.29 is 18.8 Å². The molecule has 1 amide bonds. The number of aliphatic hydroxyl groups excluding tert-OH is 1. The molecule has 0 radical (unpaired) electrons. The van der Waals surface area contributed by atoms with E-state index in [-0.39, 0.29) is 30.2 Å². The van der Waals surface area contributed by atoms with Gasteiger partial charge in [-0.05, 0) is 25.1 Å². The fraction of sp³-hybridized carbons (Fsp3) is 0.214. The van der Waals surface area contributed by atoms with Crippen LogP contribution >= 0.6 is 0 Å². The Morgan fingerprint density at radius 3 is 2.95 bits per heavy atom. The molecular weight excluding hydrogens is 277 g/mol. The van der Waals surface area contributed by atoms with Gasteiger partial charge in [-0.3, -0.25) is 4.79 Å². The Bertz CT molecular complexity index is 716. The number of nitrogens with zero attached hydrogens (tertiary/aromatic N) is 2. The van der Waals surface area contributed by atoms with Crippen molar-refractivity contribution in [2.75, 3.05) is 6.61 Å². The molecule has 1 aromatic heterocycles. The monoisotopic (exact) mass is 289 g/mol. The molecule has 7 heteroatoms. The number of hydrogen-bond donors (Lipinski definition) is 2. The Hall–Kier alpha value is -2.72. The van der Waals surface area contributed by atoms with Crippen LogP contribution in [0.5, 0.6) is 0 Å². The second-order valence-corrected chi connectivity index (χ2v) is 4.07. The molecule has 1 heterocycles. The summed E-state index contributed by atoms with van der Waals surface area (Å²) < 4.78 is 18.5. The summed E-state index contributed by atoms with van der Waals surface area (Å²) in [5.41, 5.74) is 0.270. The predicted molar refractivity (Wildman–Crippen MR) is 70.6 cm³/mol. The summed E-state index contributed by atoms with van der Waals surface area (Å²) in [4.78, 5) is 15.8. The zero-order chi connectivity index (χ0) is 15.2. The minimum atomic E-state index is -0.628. The third-order valence-corrected chi connectivity index (χ3v) is 2.50. The molecule has 0 fully saturated rings. The van der Waals surface area contributed by atoms with Crippen molar-refractivity contribution in [1.29, 1.82) is 0 Å². The highest BCUT2D eigenvalue weighted by Crippen LogP contribution is 2.09. The summed E-state index contributed by atoms with van der Waals surface area (Å²) in [6.45, 7) is 1.37. The van der Waals surface area contributed by atoms with Crippen molar-refractivity contribution >= 4 is 5.91 Å². The van der Waals surface area contributed by atoms with Gasteiger partial charge < -0.3 is 14.9 Å². The quantitative estimate of drug-likeness (QED) is 0.816. The number of carbonyl (C=O) groups excluding carboxylic acids is 1. The summed E-state index contributed by atoms with van der Waals surface area (Å²) >= 11 is 0. The van der Waals surface area contributed by atoms with Crippen LogP contribution < -0.4 is 5.32 Å². The van der Waals surface area contributed by atoms with Gasteiger partial charge in [-0.2, -0.15) is 4.98 Å². The first-order chi connectivity index (χ1) is 10.1. The number of carbonyl (C=O) groups is 1. The molecule has 2 rings (SSSR count). The Kier molecular flexibility index (Phi) is 4.64. The van der Waals surface area contributed by atoms with Gasteiger partial charge in [0, 0.05) is 5.56 Å². The van der Waals surface area contributed by atoms with E-state index in [1.54, 1.807) is 6.92 Å². The van der Waals surface area contributed by atoms with Gasteiger partial charge in [0.25, 0.3) is 5.91 Å². The summed E-state index contributed by atoms with van der Waals surface area (Å²) in [5.74, 6) is 4.44. The first-order valence-corrected chi connectivity index (χ1v) is 6.07. The molecule has 0 unspecified atom stereocenters. The van der Waals surface area contributed by atoms with E-state index in [0.717, 1.165) is 6.07 Å². The molecule has 21 heavy (non-hydrogen) atoms. The first-order valence-electron chi connectivity index (χ1n) is 6.07. The van der Waals surface area contributed by atoms with Gasteiger partial charge in [-0.15, -0.1) is 0 Å². The first kappa shape index (κ1) is 14.7. The predicted octanol–water partition coefficient (Wildman–Crippen LogP) is 0.791. The van der Waals surface area contributed by atoms with Gasteiger partial charge in [-0.1, -0.05) is 17.0 Å². The lowest BCUT2D eigenvalue weighted by Crippen LogP contribution is -2.23. The van der Waals surface area contributed by atoms with Crippen LogP contribution in [0, 0.1) is 24.6 Å². The van der Waals surface area contributed by atoms with E-state index in [1.807, 2.05) is 0 Å². The molecule has 0 atom stereocenters. The Morgan fingerprint density at radius 1 is 1.52 bits per heavy atom. The molecule has 6 nitrogen and oxygen atoms in total. The van der Waals surface area contributed by atoms with Crippen molar-refractivity contribution in [3.63, 3.8) is 0 Å². The standard InChI is InChI=1S/C14H12FN3O3/c1-9-17-13(21-18-9)8-16-14(20)11-5-4-10(3-2-6-19)12(15)7-11/h4-5,7,19H,6,8H2,1H3,(H,16,20). The summed E-state index contributed by atoms with van der Waals surface area (Å²) in [5, 5.41) is 14.7. The number of halogens is 1. The number of aliphatic hydroxyl groups is 1. The number of nitrogens with one attached hydrogen (secondary N) is 1. The fourth-order valence-electron chi connectivity index (χ4n) is 1.56. The lowest BCUT2D eigenvalue weighted by Gasteiger charge is -2.03. The zero-order valence-corrected chi connectivity index (χ0v) is 11.2. The number of amides is 1. The van der Waals surface area contributed by atoms with E-state index in [2.05, 4.69) is 27.3 Å². The minimum absolute atomic E-state index is 0.0629. The van der Waals surface area contributed by atoms with E-state index in [0.29, 0.717) is 5.82 Å². The maximum atomic E-state index is 13.7. The molecule has 108 valence electrons. The lowest BCUT2D eigenvalue weighted by molar-refractivity contribution is 0.0946. The van der Waals surface area contributed by atoms with Crippen molar-refractivity contribution in [3.8, 4) is 11.8 Å². The van der Waals surface area contributed by atoms with Crippen LogP contribution in [0.3, 0.4) is 0 Å². The Labute approximate surface area is 120 Å². The highest BCUT2D eigenvalue weighted by molar-refractivity contribution is 5.94. The van der Waals surface area contributed by atoms with Gasteiger partial charge in [0.2, 0.25) is 5.89 Å². The number of benzene rings is 1. The number of aryl methyl sites for hydroxylation is 1. The van der Waals surface area contributed by atoms with Crippen molar-refractivity contribution in [3.05, 3.63) is 46.9 Å². The molecule has 0 aliphatic heterocycles. The molecule has 0 aliphatic carbocycles. The van der Waals surface area contributed by atoms with Crippen molar-refractivity contribution in [2.45, 2.75) is 13.5 Å². The van der Waals surface area contributed by atoms with E-state index in [4.69, 9.17) is 9.63 Å². The van der Waals surface area contributed by atoms with Gasteiger partial charge >= 0.3 is 0 Å². The largest absolute Gasteiger partial charge is 0.384 e. The molecule has 2 aromatic rings. The number of aromatic nitrogens is 2. The van der Waals surface area contributed by atoms with Gasteiger partial charge in [0.15, 0.2) is 5.82 Å². The number of rotatable bonds is 3. The van der Waals surface area contributed by atoms with Crippen molar-refractivity contribution in [1.82, 2.24) is 15.5 Å². The fourth-order valence-corrected chi connectivity index (χ4v) is 1.56. The molecule has 1 aromatic carbocycles. The molecule has 0 bridgehead atoms. The average molecular weight is 289 g/mol. The molecule has 0 spiro atoms. The average Bonchev–Trinajstić information content (AvgIpc) is 2.89. The second kappa shape index (κ2) is 6.63. The van der Waals surface area contributed by atoms with Gasteiger partial charge in [-0.25, -0.2) is 4.39 Å².